The smallest absolute Gasteiger partial charge is 0.309 e. The zero-order valence-electron chi connectivity index (χ0n) is 22.3. The Balaban J connectivity index is 1.33. The fraction of sp³-hybridized carbons (Fsp3) is 0.355. The minimum absolute atomic E-state index is 0.0372. The first-order chi connectivity index (χ1) is 19.0. The minimum atomic E-state index is -3.74. The molecule has 5 rings (SSSR count). The maximum atomic E-state index is 12.6. The lowest BCUT2D eigenvalue weighted by Gasteiger charge is -2.26. The molecule has 0 bridgehead atoms. The van der Waals surface area contributed by atoms with Gasteiger partial charge in [-0.15, -0.1) is 11.3 Å². The van der Waals surface area contributed by atoms with Crippen molar-refractivity contribution in [3.63, 3.8) is 0 Å². The molecule has 1 fully saturated rings. The lowest BCUT2D eigenvalue weighted by Crippen LogP contribution is -2.33. The number of hydrogen-bond donors (Lipinski definition) is 0. The number of ether oxygens (including phenoxy) is 2. The second-order valence-electron chi connectivity index (χ2n) is 9.83. The summed E-state index contributed by atoms with van der Waals surface area (Å²) in [7, 11) is -3.74. The largest absolute Gasteiger partial charge is 0.492 e. The van der Waals surface area contributed by atoms with E-state index < -0.39 is 10.1 Å². The molecule has 0 atom stereocenters. The number of fused-ring (bicyclic) bond motifs is 1. The second-order valence-corrected chi connectivity index (χ2v) is 12.6. The van der Waals surface area contributed by atoms with Crippen LogP contribution >= 0.6 is 11.3 Å². The molecule has 0 saturated carbocycles. The van der Waals surface area contributed by atoms with Gasteiger partial charge in [0.2, 0.25) is 0 Å². The molecule has 8 heteroatoms. The fourth-order valence-electron chi connectivity index (χ4n) is 4.64. The van der Waals surface area contributed by atoms with Gasteiger partial charge in [0.15, 0.2) is 11.5 Å². The van der Waals surface area contributed by atoms with Crippen LogP contribution in [0.1, 0.15) is 39.0 Å². The van der Waals surface area contributed by atoms with Gasteiger partial charge in [-0.1, -0.05) is 38.0 Å². The molecule has 2 heterocycles. The Hall–Kier alpha value is -3.07. The van der Waals surface area contributed by atoms with Crippen molar-refractivity contribution in [3.8, 4) is 33.4 Å². The summed E-state index contributed by atoms with van der Waals surface area (Å²) < 4.78 is 44.0. The van der Waals surface area contributed by atoms with E-state index in [-0.39, 0.29) is 11.5 Å². The summed E-state index contributed by atoms with van der Waals surface area (Å²) in [5.74, 6) is 1.84. The molecule has 206 valence electrons. The highest BCUT2D eigenvalue weighted by molar-refractivity contribution is 7.87. The summed E-state index contributed by atoms with van der Waals surface area (Å²) >= 11 is 1.68. The summed E-state index contributed by atoms with van der Waals surface area (Å²) in [6.07, 6.45) is 5.16. The molecular formula is C31H35NO5S2. The van der Waals surface area contributed by atoms with Crippen molar-refractivity contribution < 1.29 is 22.1 Å². The summed E-state index contributed by atoms with van der Waals surface area (Å²) in [5.41, 5.74) is 0.933. The van der Waals surface area contributed by atoms with Crippen LogP contribution in [0, 0.1) is 0 Å². The van der Waals surface area contributed by atoms with Gasteiger partial charge >= 0.3 is 10.1 Å². The van der Waals surface area contributed by atoms with E-state index in [4.69, 9.17) is 13.7 Å². The van der Waals surface area contributed by atoms with Crippen molar-refractivity contribution in [1.29, 1.82) is 0 Å². The fourth-order valence-corrected chi connectivity index (χ4v) is 6.84. The quantitative estimate of drug-likeness (QED) is 0.164. The first kappa shape index (κ1) is 27.5. The normalized spacial score (nSPS) is 14.4. The van der Waals surface area contributed by atoms with Crippen LogP contribution in [0.5, 0.6) is 23.0 Å². The monoisotopic (exact) mass is 565 g/mol. The van der Waals surface area contributed by atoms with Gasteiger partial charge in [0.05, 0.1) is 5.75 Å². The van der Waals surface area contributed by atoms with E-state index in [1.165, 1.54) is 29.3 Å². The molecule has 0 aliphatic carbocycles. The maximum absolute atomic E-state index is 12.6. The first-order valence-electron chi connectivity index (χ1n) is 13.7. The number of unbranched alkanes of at least 4 members (excludes halogenated alkanes) is 1. The zero-order chi connectivity index (χ0) is 27.1. The molecule has 6 nitrogen and oxygen atoms in total. The lowest BCUT2D eigenvalue weighted by molar-refractivity contribution is 0.183. The molecule has 4 aromatic rings. The van der Waals surface area contributed by atoms with E-state index in [9.17, 15) is 8.42 Å². The number of benzene rings is 3. The third-order valence-corrected chi connectivity index (χ3v) is 9.18. The van der Waals surface area contributed by atoms with Crippen LogP contribution in [0.25, 0.3) is 20.5 Å². The molecule has 0 N–H and O–H groups in total. The van der Waals surface area contributed by atoms with E-state index >= 15 is 0 Å². The number of rotatable bonds is 12. The number of hydrogen-bond acceptors (Lipinski definition) is 7. The third-order valence-electron chi connectivity index (χ3n) is 6.79. The highest BCUT2D eigenvalue weighted by atomic mass is 32.2. The predicted octanol–water partition coefficient (Wildman–Crippen LogP) is 7.73. The molecule has 0 radical (unpaired) electrons. The molecule has 1 aliphatic rings. The zero-order valence-corrected chi connectivity index (χ0v) is 23.9. The number of piperidine rings is 1. The van der Waals surface area contributed by atoms with E-state index in [1.54, 1.807) is 17.4 Å². The summed E-state index contributed by atoms with van der Waals surface area (Å²) in [6, 6.07) is 23.2. The Morgan fingerprint density at radius 3 is 2.41 bits per heavy atom. The standard InChI is InChI=1S/C31H35NO5S2/c1-2-3-21-39(33,34)37-28-16-11-25(31-23-24-9-5-6-10-30(24)38-31)22-29(28)36-27-14-12-26(13-15-27)35-20-19-32-17-7-4-8-18-32/h5-6,9-16,22-23H,2-4,7-8,17-21H2,1H3. The molecule has 0 spiro atoms. The highest BCUT2D eigenvalue weighted by Gasteiger charge is 2.18. The van der Waals surface area contributed by atoms with Crippen LogP contribution in [0.2, 0.25) is 0 Å². The van der Waals surface area contributed by atoms with E-state index in [0.717, 1.165) is 42.2 Å². The molecule has 1 aromatic heterocycles. The van der Waals surface area contributed by atoms with Crippen molar-refractivity contribution in [2.75, 3.05) is 32.0 Å². The maximum Gasteiger partial charge on any atom is 0.309 e. The first-order valence-corrected chi connectivity index (χ1v) is 16.1. The SMILES string of the molecule is CCCCS(=O)(=O)Oc1ccc(-c2cc3ccccc3s2)cc1Oc1ccc(OCCN2CCCCC2)cc1. The van der Waals surface area contributed by atoms with Gasteiger partial charge in [-0.3, -0.25) is 4.90 Å². The van der Waals surface area contributed by atoms with E-state index in [0.29, 0.717) is 24.5 Å². The van der Waals surface area contributed by atoms with Crippen LogP contribution in [0.3, 0.4) is 0 Å². The summed E-state index contributed by atoms with van der Waals surface area (Å²) in [5, 5.41) is 1.17. The van der Waals surface area contributed by atoms with Crippen molar-refractivity contribution in [2.24, 2.45) is 0 Å². The third kappa shape index (κ3) is 7.53. The van der Waals surface area contributed by atoms with Crippen molar-refractivity contribution in [3.05, 3.63) is 72.8 Å². The van der Waals surface area contributed by atoms with Gasteiger partial charge < -0.3 is 13.7 Å². The van der Waals surface area contributed by atoms with E-state index in [2.05, 4.69) is 23.1 Å². The molecular weight excluding hydrogens is 530 g/mol. The average Bonchev–Trinajstić information content (AvgIpc) is 3.39. The number of likely N-dealkylation sites (tertiary alicyclic amines) is 1. The minimum Gasteiger partial charge on any atom is -0.492 e. The molecule has 1 saturated heterocycles. The summed E-state index contributed by atoms with van der Waals surface area (Å²) in [4.78, 5) is 3.51. The van der Waals surface area contributed by atoms with Crippen LogP contribution in [0.15, 0.2) is 72.8 Å². The van der Waals surface area contributed by atoms with Gasteiger partial charge in [-0.05, 0) is 97.9 Å². The van der Waals surface area contributed by atoms with Gasteiger partial charge in [0, 0.05) is 16.1 Å². The van der Waals surface area contributed by atoms with Crippen molar-refractivity contribution in [1.82, 2.24) is 4.90 Å². The van der Waals surface area contributed by atoms with Crippen LogP contribution in [0.4, 0.5) is 0 Å². The molecule has 0 amide bonds. The van der Waals surface area contributed by atoms with Crippen LogP contribution in [-0.4, -0.2) is 45.3 Å². The lowest BCUT2D eigenvalue weighted by atomic mass is 10.1. The number of nitrogens with zero attached hydrogens (tertiary/aromatic N) is 1. The van der Waals surface area contributed by atoms with Gasteiger partial charge in [-0.2, -0.15) is 8.42 Å². The van der Waals surface area contributed by atoms with Crippen LogP contribution < -0.4 is 13.7 Å². The summed E-state index contributed by atoms with van der Waals surface area (Å²) in [6.45, 7) is 5.82. The molecule has 3 aromatic carbocycles. The average molecular weight is 566 g/mol. The highest BCUT2D eigenvalue weighted by Crippen LogP contribution is 2.40. The molecule has 1 aliphatic heterocycles. The number of thiophene rings is 1. The molecule has 39 heavy (non-hydrogen) atoms. The predicted molar refractivity (Wildman–Crippen MR) is 159 cm³/mol. The molecule has 0 unspecified atom stereocenters. The van der Waals surface area contributed by atoms with Crippen molar-refractivity contribution >= 4 is 31.5 Å². The van der Waals surface area contributed by atoms with E-state index in [1.807, 2.05) is 55.5 Å². The Morgan fingerprint density at radius 1 is 0.872 bits per heavy atom. The Morgan fingerprint density at radius 2 is 1.64 bits per heavy atom. The Kier molecular flexibility index (Phi) is 9.06. The van der Waals surface area contributed by atoms with Gasteiger partial charge in [0.1, 0.15) is 18.1 Å². The Labute approximate surface area is 235 Å². The second kappa shape index (κ2) is 12.9. The topological polar surface area (TPSA) is 65.1 Å². The van der Waals surface area contributed by atoms with Crippen LogP contribution in [-0.2, 0) is 10.1 Å². The van der Waals surface area contributed by atoms with Gasteiger partial charge in [-0.25, -0.2) is 0 Å². The van der Waals surface area contributed by atoms with Gasteiger partial charge in [0.25, 0.3) is 0 Å². The van der Waals surface area contributed by atoms with Crippen molar-refractivity contribution in [2.45, 2.75) is 39.0 Å². The Bertz CT molecular complexity index is 1440.